The highest BCUT2D eigenvalue weighted by molar-refractivity contribution is 7.98. The quantitative estimate of drug-likeness (QED) is 0.572. The summed E-state index contributed by atoms with van der Waals surface area (Å²) in [6.45, 7) is 2.15. The number of hydrogen-bond donors (Lipinski definition) is 0. The molecule has 3 heteroatoms. The number of aryl methyl sites for hydroxylation is 1. The second-order valence-electron chi connectivity index (χ2n) is 4.59. The van der Waals surface area contributed by atoms with Crippen LogP contribution in [0.1, 0.15) is 23.0 Å². The van der Waals surface area contributed by atoms with Gasteiger partial charge >= 0.3 is 0 Å². The van der Waals surface area contributed by atoms with Crippen molar-refractivity contribution in [2.75, 3.05) is 14.2 Å². The first-order valence-corrected chi connectivity index (χ1v) is 7.56. The van der Waals surface area contributed by atoms with Crippen LogP contribution in [0.25, 0.3) is 0 Å². The van der Waals surface area contributed by atoms with Crippen molar-refractivity contribution in [2.24, 2.45) is 0 Å². The van der Waals surface area contributed by atoms with Crippen LogP contribution in [0.3, 0.4) is 0 Å². The molecule has 20 heavy (non-hydrogen) atoms. The van der Waals surface area contributed by atoms with Gasteiger partial charge in [-0.3, -0.25) is 0 Å². The molecule has 2 rings (SSSR count). The predicted octanol–water partition coefficient (Wildman–Crippen LogP) is 4.58. The Morgan fingerprint density at radius 3 is 2.20 bits per heavy atom. The lowest BCUT2D eigenvalue weighted by atomic mass is 10.1. The molecule has 0 saturated heterocycles. The monoisotopic (exact) mass is 288 g/mol. The van der Waals surface area contributed by atoms with E-state index in [1.165, 1.54) is 16.0 Å². The highest BCUT2D eigenvalue weighted by atomic mass is 32.2. The zero-order valence-corrected chi connectivity index (χ0v) is 12.9. The van der Waals surface area contributed by atoms with Crippen LogP contribution in [-0.4, -0.2) is 14.2 Å². The van der Waals surface area contributed by atoms with Crippen molar-refractivity contribution in [3.63, 3.8) is 0 Å². The molecule has 0 spiro atoms. The molecule has 0 heterocycles. The number of ether oxygens (including phenoxy) is 2. The Labute approximate surface area is 125 Å². The summed E-state index contributed by atoms with van der Waals surface area (Å²) in [5.74, 6) is 0.990. The molecule has 0 aromatic heterocycles. The number of thioether (sulfide) groups is 1. The van der Waals surface area contributed by atoms with Crippen molar-refractivity contribution in [2.45, 2.75) is 23.9 Å². The average molecular weight is 288 g/mol. The van der Waals surface area contributed by atoms with Gasteiger partial charge in [0.05, 0.1) is 0 Å². The van der Waals surface area contributed by atoms with Gasteiger partial charge in [-0.1, -0.05) is 36.4 Å². The van der Waals surface area contributed by atoms with Crippen LogP contribution in [0.4, 0.5) is 0 Å². The van der Waals surface area contributed by atoms with Crippen molar-refractivity contribution in [3.8, 4) is 0 Å². The Hall–Kier alpha value is -1.29. The van der Waals surface area contributed by atoms with Gasteiger partial charge in [0.15, 0.2) is 6.29 Å². The van der Waals surface area contributed by atoms with E-state index in [1.54, 1.807) is 14.2 Å². The van der Waals surface area contributed by atoms with E-state index in [1.807, 2.05) is 11.8 Å². The molecular formula is C17H20O2S. The molecule has 0 unspecified atom stereocenters. The van der Waals surface area contributed by atoms with Crippen LogP contribution in [-0.2, 0) is 15.2 Å². The molecule has 0 bridgehead atoms. The molecule has 0 aliphatic carbocycles. The Bertz CT molecular complexity index is 533. The third-order valence-corrected chi connectivity index (χ3v) is 4.30. The molecule has 0 fully saturated rings. The van der Waals surface area contributed by atoms with E-state index >= 15 is 0 Å². The Morgan fingerprint density at radius 2 is 1.60 bits per heavy atom. The van der Waals surface area contributed by atoms with Gasteiger partial charge in [0.2, 0.25) is 0 Å². The highest BCUT2D eigenvalue weighted by Gasteiger charge is 2.08. The summed E-state index contributed by atoms with van der Waals surface area (Å²) in [7, 11) is 3.30. The molecule has 0 amide bonds. The van der Waals surface area contributed by atoms with Crippen LogP contribution in [0.5, 0.6) is 0 Å². The van der Waals surface area contributed by atoms with Gasteiger partial charge in [0, 0.05) is 30.4 Å². The fraction of sp³-hybridized carbons (Fsp3) is 0.294. The van der Waals surface area contributed by atoms with Crippen molar-refractivity contribution in [1.29, 1.82) is 0 Å². The normalized spacial score (nSPS) is 11.0. The Balaban J connectivity index is 1.99. The number of methoxy groups -OCH3 is 2. The summed E-state index contributed by atoms with van der Waals surface area (Å²) in [6, 6.07) is 16.8. The van der Waals surface area contributed by atoms with Gasteiger partial charge in [-0.2, -0.15) is 0 Å². The number of rotatable bonds is 6. The van der Waals surface area contributed by atoms with E-state index in [0.29, 0.717) is 0 Å². The van der Waals surface area contributed by atoms with E-state index < -0.39 is 0 Å². The van der Waals surface area contributed by atoms with Crippen molar-refractivity contribution in [1.82, 2.24) is 0 Å². The maximum absolute atomic E-state index is 5.24. The summed E-state index contributed by atoms with van der Waals surface area (Å²) in [5.41, 5.74) is 3.76. The lowest BCUT2D eigenvalue weighted by Gasteiger charge is -2.14. The van der Waals surface area contributed by atoms with Crippen LogP contribution in [0, 0.1) is 6.92 Å². The standard InChI is InChI=1S/C17H20O2S/c1-13-6-4-5-7-15(13)12-20-16-10-8-14(9-11-16)17(18-2)19-3/h4-11,17H,12H2,1-3H3. The summed E-state index contributed by atoms with van der Waals surface area (Å²) < 4.78 is 10.5. The van der Waals surface area contributed by atoms with Crippen LogP contribution >= 0.6 is 11.8 Å². The van der Waals surface area contributed by atoms with Crippen molar-refractivity contribution < 1.29 is 9.47 Å². The predicted molar refractivity (Wildman–Crippen MR) is 83.9 cm³/mol. The van der Waals surface area contributed by atoms with Crippen molar-refractivity contribution in [3.05, 3.63) is 65.2 Å². The third kappa shape index (κ3) is 3.85. The molecule has 0 saturated carbocycles. The van der Waals surface area contributed by atoms with E-state index in [4.69, 9.17) is 9.47 Å². The topological polar surface area (TPSA) is 18.5 Å². The minimum absolute atomic E-state index is 0.287. The number of benzene rings is 2. The molecular weight excluding hydrogens is 268 g/mol. The van der Waals surface area contributed by atoms with Gasteiger partial charge in [0.1, 0.15) is 0 Å². The van der Waals surface area contributed by atoms with E-state index in [9.17, 15) is 0 Å². The summed E-state index contributed by atoms with van der Waals surface area (Å²) in [4.78, 5) is 1.25. The molecule has 2 aromatic rings. The first-order valence-electron chi connectivity index (χ1n) is 6.57. The molecule has 0 N–H and O–H groups in total. The Kier molecular flexibility index (Phi) is 5.65. The second-order valence-corrected chi connectivity index (χ2v) is 5.64. The highest BCUT2D eigenvalue weighted by Crippen LogP contribution is 2.26. The summed E-state index contributed by atoms with van der Waals surface area (Å²) in [5, 5.41) is 0. The maximum atomic E-state index is 5.24. The molecule has 0 atom stereocenters. The van der Waals surface area contributed by atoms with E-state index in [2.05, 4.69) is 55.5 Å². The first-order chi connectivity index (χ1) is 9.74. The summed E-state index contributed by atoms with van der Waals surface area (Å²) in [6.07, 6.45) is -0.287. The van der Waals surface area contributed by atoms with Crippen LogP contribution < -0.4 is 0 Å². The smallest absolute Gasteiger partial charge is 0.183 e. The van der Waals surface area contributed by atoms with Crippen LogP contribution in [0.2, 0.25) is 0 Å². The number of hydrogen-bond acceptors (Lipinski definition) is 3. The fourth-order valence-electron chi connectivity index (χ4n) is 2.02. The molecule has 0 aliphatic rings. The maximum Gasteiger partial charge on any atom is 0.183 e. The average Bonchev–Trinajstić information content (AvgIpc) is 2.49. The van der Waals surface area contributed by atoms with Gasteiger partial charge in [0.25, 0.3) is 0 Å². The van der Waals surface area contributed by atoms with E-state index in [-0.39, 0.29) is 6.29 Å². The van der Waals surface area contributed by atoms with Gasteiger partial charge < -0.3 is 9.47 Å². The lowest BCUT2D eigenvalue weighted by Crippen LogP contribution is -2.02. The third-order valence-electron chi connectivity index (χ3n) is 3.24. The summed E-state index contributed by atoms with van der Waals surface area (Å²) >= 11 is 1.84. The first kappa shape index (κ1) is 15.1. The fourth-order valence-corrected chi connectivity index (χ4v) is 3.00. The molecule has 2 aromatic carbocycles. The van der Waals surface area contributed by atoms with Gasteiger partial charge in [-0.05, 0) is 30.2 Å². The largest absolute Gasteiger partial charge is 0.352 e. The van der Waals surface area contributed by atoms with Gasteiger partial charge in [-0.15, -0.1) is 11.8 Å². The zero-order chi connectivity index (χ0) is 14.4. The van der Waals surface area contributed by atoms with Crippen LogP contribution in [0.15, 0.2) is 53.4 Å². The van der Waals surface area contributed by atoms with Crippen molar-refractivity contribution >= 4 is 11.8 Å². The second kappa shape index (κ2) is 7.48. The SMILES string of the molecule is COC(OC)c1ccc(SCc2ccccc2C)cc1. The van der Waals surface area contributed by atoms with E-state index in [0.717, 1.165) is 11.3 Å². The minimum atomic E-state index is -0.287. The lowest BCUT2D eigenvalue weighted by molar-refractivity contribution is -0.106. The molecule has 0 aliphatic heterocycles. The molecule has 106 valence electrons. The molecule has 0 radical (unpaired) electrons. The Morgan fingerprint density at radius 1 is 0.950 bits per heavy atom. The molecule has 2 nitrogen and oxygen atoms in total. The zero-order valence-electron chi connectivity index (χ0n) is 12.1. The minimum Gasteiger partial charge on any atom is -0.352 e. The van der Waals surface area contributed by atoms with Gasteiger partial charge in [-0.25, -0.2) is 0 Å².